The maximum Gasteiger partial charge on any atom is 0.412 e. The van der Waals surface area contributed by atoms with Gasteiger partial charge in [0.1, 0.15) is 11.4 Å². The van der Waals surface area contributed by atoms with Gasteiger partial charge in [0, 0.05) is 23.7 Å². The molecule has 0 saturated heterocycles. The standard InChI is InChI=1S/C15H20N2O3/c1-15(2,3)20-14(18)17-12-7-6-11(8-9-16-4)13(10-12)19-5/h6-7,10H,8-9H2,1-3,5H3,(H,17,18). The predicted octanol–water partition coefficient (Wildman–Crippen LogP) is 3.50. The first-order chi connectivity index (χ1) is 9.35. The minimum atomic E-state index is -0.538. The van der Waals surface area contributed by atoms with E-state index in [1.165, 1.54) is 0 Å². The molecule has 0 saturated carbocycles. The van der Waals surface area contributed by atoms with Crippen LogP contribution in [0.4, 0.5) is 10.5 Å². The van der Waals surface area contributed by atoms with E-state index in [-0.39, 0.29) is 0 Å². The van der Waals surface area contributed by atoms with Crippen molar-refractivity contribution in [3.8, 4) is 5.75 Å². The zero-order chi connectivity index (χ0) is 15.2. The average molecular weight is 276 g/mol. The van der Waals surface area contributed by atoms with Gasteiger partial charge in [0.2, 0.25) is 6.54 Å². The number of carbonyl (C=O) groups is 1. The number of amides is 1. The molecule has 1 aromatic rings. The highest BCUT2D eigenvalue weighted by Crippen LogP contribution is 2.24. The first-order valence-electron chi connectivity index (χ1n) is 6.36. The molecule has 0 spiro atoms. The molecule has 0 aromatic heterocycles. The van der Waals surface area contributed by atoms with Gasteiger partial charge in [0.05, 0.1) is 7.11 Å². The first-order valence-corrected chi connectivity index (χ1v) is 6.36. The summed E-state index contributed by atoms with van der Waals surface area (Å²) in [5, 5.41) is 2.65. The van der Waals surface area contributed by atoms with Crippen LogP contribution in [-0.4, -0.2) is 25.3 Å². The van der Waals surface area contributed by atoms with Gasteiger partial charge < -0.3 is 14.3 Å². The number of rotatable bonds is 4. The Morgan fingerprint density at radius 2 is 2.10 bits per heavy atom. The van der Waals surface area contributed by atoms with Gasteiger partial charge >= 0.3 is 6.09 Å². The number of nitrogens with zero attached hydrogens (tertiary/aromatic N) is 1. The highest BCUT2D eigenvalue weighted by molar-refractivity contribution is 5.85. The van der Waals surface area contributed by atoms with Crippen LogP contribution in [-0.2, 0) is 11.2 Å². The highest BCUT2D eigenvalue weighted by Gasteiger charge is 2.16. The lowest BCUT2D eigenvalue weighted by molar-refractivity contribution is 0.0636. The van der Waals surface area contributed by atoms with Gasteiger partial charge in [-0.1, -0.05) is 6.07 Å². The monoisotopic (exact) mass is 276 g/mol. The number of benzene rings is 1. The summed E-state index contributed by atoms with van der Waals surface area (Å²) in [7, 11) is 1.56. The fourth-order valence-corrected chi connectivity index (χ4v) is 1.63. The molecule has 20 heavy (non-hydrogen) atoms. The number of hydrogen-bond donors (Lipinski definition) is 1. The molecule has 5 nitrogen and oxygen atoms in total. The van der Waals surface area contributed by atoms with Crippen LogP contribution in [0, 0.1) is 6.57 Å². The van der Waals surface area contributed by atoms with Crippen molar-refractivity contribution in [2.45, 2.75) is 32.8 Å². The summed E-state index contributed by atoms with van der Waals surface area (Å²) >= 11 is 0. The molecule has 1 aromatic carbocycles. The van der Waals surface area contributed by atoms with Crippen molar-refractivity contribution in [3.05, 3.63) is 35.2 Å². The Kier molecular flexibility index (Phi) is 5.39. The summed E-state index contributed by atoms with van der Waals surface area (Å²) in [5.41, 5.74) is 1.00. The summed E-state index contributed by atoms with van der Waals surface area (Å²) in [6.45, 7) is 12.6. The quantitative estimate of drug-likeness (QED) is 0.856. The molecule has 0 aliphatic rings. The molecule has 0 unspecified atom stereocenters. The lowest BCUT2D eigenvalue weighted by Crippen LogP contribution is -2.27. The number of methoxy groups -OCH3 is 1. The average Bonchev–Trinajstić information content (AvgIpc) is 2.34. The molecule has 0 aliphatic heterocycles. The largest absolute Gasteiger partial charge is 0.496 e. The molecule has 1 N–H and O–H groups in total. The van der Waals surface area contributed by atoms with Gasteiger partial charge in [-0.3, -0.25) is 5.32 Å². The number of nitrogens with one attached hydrogen (secondary N) is 1. The van der Waals surface area contributed by atoms with Crippen molar-refractivity contribution in [1.29, 1.82) is 0 Å². The van der Waals surface area contributed by atoms with Crippen molar-refractivity contribution < 1.29 is 14.3 Å². The maximum atomic E-state index is 11.7. The lowest BCUT2D eigenvalue weighted by atomic mass is 10.1. The van der Waals surface area contributed by atoms with Crippen LogP contribution in [0.1, 0.15) is 26.3 Å². The van der Waals surface area contributed by atoms with Crippen molar-refractivity contribution >= 4 is 11.8 Å². The Labute approximate surface area is 119 Å². The zero-order valence-corrected chi connectivity index (χ0v) is 12.3. The number of carbonyl (C=O) groups excluding carboxylic acids is 1. The van der Waals surface area contributed by atoms with Crippen LogP contribution in [0.5, 0.6) is 5.75 Å². The molecule has 0 atom stereocenters. The highest BCUT2D eigenvalue weighted by atomic mass is 16.6. The first kappa shape index (κ1) is 15.8. The molecule has 1 amide bonds. The smallest absolute Gasteiger partial charge is 0.412 e. The lowest BCUT2D eigenvalue weighted by Gasteiger charge is -2.20. The molecule has 5 heteroatoms. The van der Waals surface area contributed by atoms with E-state index in [2.05, 4.69) is 10.2 Å². The van der Waals surface area contributed by atoms with Gasteiger partial charge in [-0.05, 0) is 26.8 Å². The van der Waals surface area contributed by atoms with E-state index in [1.54, 1.807) is 40.0 Å². The molecule has 0 radical (unpaired) electrons. The summed E-state index contributed by atoms with van der Waals surface area (Å²) in [4.78, 5) is 15.0. The molecule has 108 valence electrons. The van der Waals surface area contributed by atoms with Crippen molar-refractivity contribution in [1.82, 2.24) is 0 Å². The Morgan fingerprint density at radius 1 is 1.40 bits per heavy atom. The van der Waals surface area contributed by atoms with E-state index >= 15 is 0 Å². The number of hydrogen-bond acceptors (Lipinski definition) is 3. The summed E-state index contributed by atoms with van der Waals surface area (Å²) in [6.07, 6.45) is 0.118. The SMILES string of the molecule is [C-]#[N+]CCc1ccc(NC(=O)OC(C)(C)C)cc1OC. The van der Waals surface area contributed by atoms with Gasteiger partial charge in [-0.15, -0.1) is 0 Å². The predicted molar refractivity (Wildman–Crippen MR) is 78.0 cm³/mol. The normalized spacial score (nSPS) is 10.6. The third-order valence-electron chi connectivity index (χ3n) is 2.43. The van der Waals surface area contributed by atoms with Gasteiger partial charge in [-0.2, -0.15) is 0 Å². The zero-order valence-electron chi connectivity index (χ0n) is 12.3. The summed E-state index contributed by atoms with van der Waals surface area (Å²) < 4.78 is 10.5. The van der Waals surface area contributed by atoms with E-state index in [9.17, 15) is 4.79 Å². The molecule has 0 heterocycles. The summed E-state index contributed by atoms with van der Waals surface area (Å²) in [5.74, 6) is 0.655. The van der Waals surface area contributed by atoms with Gasteiger partial charge in [0.15, 0.2) is 0 Å². The second kappa shape index (κ2) is 6.80. The van der Waals surface area contributed by atoms with Crippen LogP contribution < -0.4 is 10.1 Å². The maximum absolute atomic E-state index is 11.7. The van der Waals surface area contributed by atoms with Crippen LogP contribution >= 0.6 is 0 Å². The van der Waals surface area contributed by atoms with E-state index in [0.717, 1.165) is 5.56 Å². The van der Waals surface area contributed by atoms with Crippen molar-refractivity contribution in [2.75, 3.05) is 19.0 Å². The van der Waals surface area contributed by atoms with Crippen LogP contribution in [0.2, 0.25) is 0 Å². The molecular formula is C15H20N2O3. The van der Waals surface area contributed by atoms with Crippen LogP contribution in [0.25, 0.3) is 4.85 Å². The fraction of sp³-hybridized carbons (Fsp3) is 0.467. The molecule has 1 rings (SSSR count). The van der Waals surface area contributed by atoms with Crippen LogP contribution in [0.3, 0.4) is 0 Å². The molecular weight excluding hydrogens is 256 g/mol. The Morgan fingerprint density at radius 3 is 2.65 bits per heavy atom. The Hall–Kier alpha value is -2.22. The van der Waals surface area contributed by atoms with E-state index < -0.39 is 11.7 Å². The fourth-order valence-electron chi connectivity index (χ4n) is 1.63. The Bertz CT molecular complexity index is 513. The van der Waals surface area contributed by atoms with Crippen LogP contribution in [0.15, 0.2) is 18.2 Å². The topological polar surface area (TPSA) is 51.9 Å². The molecule has 0 fully saturated rings. The molecule has 0 bridgehead atoms. The minimum Gasteiger partial charge on any atom is -0.496 e. The van der Waals surface area contributed by atoms with Crippen molar-refractivity contribution in [3.63, 3.8) is 0 Å². The van der Waals surface area contributed by atoms with Gasteiger partial charge in [0.25, 0.3) is 0 Å². The number of ether oxygens (including phenoxy) is 2. The van der Waals surface area contributed by atoms with E-state index in [0.29, 0.717) is 24.4 Å². The van der Waals surface area contributed by atoms with Crippen molar-refractivity contribution in [2.24, 2.45) is 0 Å². The summed E-state index contributed by atoms with van der Waals surface area (Å²) in [6, 6.07) is 5.34. The van der Waals surface area contributed by atoms with E-state index in [1.807, 2.05) is 6.07 Å². The Balaban J connectivity index is 2.78. The minimum absolute atomic E-state index is 0.412. The molecule has 0 aliphatic carbocycles. The third-order valence-corrected chi connectivity index (χ3v) is 2.43. The van der Waals surface area contributed by atoms with E-state index in [4.69, 9.17) is 16.0 Å². The third kappa shape index (κ3) is 5.19. The second-order valence-electron chi connectivity index (χ2n) is 5.29. The second-order valence-corrected chi connectivity index (χ2v) is 5.29. The number of anilines is 1. The van der Waals surface area contributed by atoms with Gasteiger partial charge in [-0.25, -0.2) is 11.4 Å².